The van der Waals surface area contributed by atoms with E-state index in [9.17, 15) is 0 Å². The number of anilines is 1. The van der Waals surface area contributed by atoms with Crippen LogP contribution in [0.4, 0.5) is 5.82 Å². The molecule has 9 nitrogen and oxygen atoms in total. The number of nitrogens with zero attached hydrogens (tertiary/aromatic N) is 7. The van der Waals surface area contributed by atoms with Crippen molar-refractivity contribution >= 4 is 5.82 Å². The fraction of sp³-hybridized carbons (Fsp3) is 0.130. The Hall–Kier alpha value is -4.24. The monoisotopic (exact) mass is 425 g/mol. The lowest BCUT2D eigenvalue weighted by Gasteiger charge is -2.38. The highest BCUT2D eigenvalue weighted by Gasteiger charge is 2.33. The van der Waals surface area contributed by atoms with E-state index >= 15 is 0 Å². The quantitative estimate of drug-likeness (QED) is 0.490. The molecule has 0 aliphatic carbocycles. The molecule has 0 spiro atoms. The van der Waals surface area contributed by atoms with E-state index in [0.29, 0.717) is 0 Å². The van der Waals surface area contributed by atoms with E-state index in [-0.39, 0.29) is 0 Å². The Bertz CT molecular complexity index is 1260. The molecule has 32 heavy (non-hydrogen) atoms. The molecule has 1 atom stereocenters. The molecule has 0 saturated carbocycles. The molecule has 0 bridgehead atoms. The van der Waals surface area contributed by atoms with Gasteiger partial charge in [-0.05, 0) is 43.5 Å². The lowest BCUT2D eigenvalue weighted by Crippen LogP contribution is -2.54. The predicted octanol–water partition coefficient (Wildman–Crippen LogP) is 2.36. The zero-order valence-electron chi connectivity index (χ0n) is 17.8. The highest BCUT2D eigenvalue weighted by atomic mass is 15.3. The average Bonchev–Trinajstić information content (AvgIpc) is 3.59. The van der Waals surface area contributed by atoms with E-state index in [1.165, 1.54) is 0 Å². The number of aromatic nitrogens is 6. The Morgan fingerprint density at radius 2 is 1.62 bits per heavy atom. The first-order chi connectivity index (χ1) is 15.7. The minimum absolute atomic E-state index is 0.684. The van der Waals surface area contributed by atoms with Crippen LogP contribution in [0.15, 0.2) is 97.9 Å². The van der Waals surface area contributed by atoms with E-state index in [0.717, 1.165) is 29.0 Å². The average molecular weight is 426 g/mol. The number of nitrogens with one attached hydrogen (secondary N) is 2. The second kappa shape index (κ2) is 8.12. The number of likely N-dealkylation sites (N-methyl/N-ethyl adjacent to an activating group) is 1. The molecule has 1 unspecified atom stereocenters. The zero-order valence-corrected chi connectivity index (χ0v) is 17.8. The van der Waals surface area contributed by atoms with Crippen LogP contribution < -0.4 is 15.5 Å². The van der Waals surface area contributed by atoms with Gasteiger partial charge in [0.05, 0.1) is 5.69 Å². The lowest BCUT2D eigenvalue weighted by molar-refractivity contribution is 0.373. The van der Waals surface area contributed by atoms with Crippen molar-refractivity contribution in [2.45, 2.75) is 5.66 Å². The largest absolute Gasteiger partial charge is 0.345 e. The van der Waals surface area contributed by atoms with Gasteiger partial charge in [-0.15, -0.1) is 0 Å². The first-order valence-electron chi connectivity index (χ1n) is 10.2. The van der Waals surface area contributed by atoms with Crippen molar-refractivity contribution in [1.29, 1.82) is 0 Å². The normalized spacial score (nSPS) is 17.6. The third-order valence-electron chi connectivity index (χ3n) is 5.42. The minimum atomic E-state index is -0.684. The first kappa shape index (κ1) is 19.7. The maximum Gasteiger partial charge on any atom is 0.153 e. The number of pyridine rings is 2. The summed E-state index contributed by atoms with van der Waals surface area (Å²) >= 11 is 0. The van der Waals surface area contributed by atoms with Gasteiger partial charge in [0.25, 0.3) is 0 Å². The Morgan fingerprint density at radius 1 is 0.938 bits per heavy atom. The van der Waals surface area contributed by atoms with Crippen LogP contribution in [-0.4, -0.2) is 43.2 Å². The second-order valence-corrected chi connectivity index (χ2v) is 7.33. The summed E-state index contributed by atoms with van der Waals surface area (Å²) in [6, 6.07) is 11.8. The van der Waals surface area contributed by atoms with E-state index in [2.05, 4.69) is 26.7 Å². The molecule has 1 aliphatic heterocycles. The molecule has 160 valence electrons. The Morgan fingerprint density at radius 3 is 2.28 bits per heavy atom. The van der Waals surface area contributed by atoms with Crippen molar-refractivity contribution in [1.82, 2.24) is 39.7 Å². The van der Waals surface area contributed by atoms with Gasteiger partial charge in [0.1, 0.15) is 35.9 Å². The van der Waals surface area contributed by atoms with Gasteiger partial charge in [0, 0.05) is 31.8 Å². The molecule has 2 N–H and O–H groups in total. The Balaban J connectivity index is 1.45. The molecule has 4 aromatic heterocycles. The van der Waals surface area contributed by atoms with Crippen LogP contribution in [0, 0.1) is 0 Å². The third kappa shape index (κ3) is 3.54. The topological polar surface area (TPSA) is 88.7 Å². The molecule has 0 aromatic carbocycles. The van der Waals surface area contributed by atoms with Crippen LogP contribution >= 0.6 is 0 Å². The van der Waals surface area contributed by atoms with Crippen LogP contribution in [0.25, 0.3) is 11.6 Å². The molecule has 0 radical (unpaired) electrons. The Kier molecular flexibility index (Phi) is 5.00. The minimum Gasteiger partial charge on any atom is -0.345 e. The molecule has 9 heteroatoms. The number of dihydropyridines is 1. The van der Waals surface area contributed by atoms with Gasteiger partial charge >= 0.3 is 0 Å². The molecular weight excluding hydrogens is 402 g/mol. The summed E-state index contributed by atoms with van der Waals surface area (Å²) < 4.78 is 3.76. The van der Waals surface area contributed by atoms with Gasteiger partial charge in [0.15, 0.2) is 5.66 Å². The zero-order chi connectivity index (χ0) is 22.0. The number of rotatable bonds is 6. The number of hydrogen-bond acceptors (Lipinski definition) is 7. The number of hydrogen-bond donors (Lipinski definition) is 2. The smallest absolute Gasteiger partial charge is 0.153 e. The molecule has 0 amide bonds. The fourth-order valence-electron chi connectivity index (χ4n) is 3.63. The van der Waals surface area contributed by atoms with E-state index in [1.54, 1.807) is 25.0 Å². The fourth-order valence-corrected chi connectivity index (χ4v) is 3.63. The van der Waals surface area contributed by atoms with Crippen molar-refractivity contribution in [3.05, 3.63) is 104 Å². The van der Waals surface area contributed by atoms with Gasteiger partial charge in [-0.1, -0.05) is 18.2 Å². The number of allylic oxidation sites excluding steroid dienone is 2. The van der Waals surface area contributed by atoms with E-state index in [4.69, 9.17) is 9.97 Å². The van der Waals surface area contributed by atoms with Crippen molar-refractivity contribution in [2.75, 3.05) is 19.0 Å². The SMILES string of the molecule is CNC1(c2cccc(-n3ccnc3)n2)C=CC=C(N(C)c2cccc(-n3ccnc3)n2)N1. The van der Waals surface area contributed by atoms with Crippen LogP contribution in [0.3, 0.4) is 0 Å². The van der Waals surface area contributed by atoms with E-state index < -0.39 is 5.66 Å². The number of imidazole rings is 2. The van der Waals surface area contributed by atoms with Crippen LogP contribution in [-0.2, 0) is 5.66 Å². The predicted molar refractivity (Wildman–Crippen MR) is 122 cm³/mol. The summed E-state index contributed by atoms with van der Waals surface area (Å²) in [5.41, 5.74) is 0.151. The van der Waals surface area contributed by atoms with Gasteiger partial charge in [-0.25, -0.2) is 19.9 Å². The molecule has 0 fully saturated rings. The van der Waals surface area contributed by atoms with Crippen molar-refractivity contribution in [3.8, 4) is 11.6 Å². The molecule has 0 saturated heterocycles. The molecular formula is C23H23N9. The highest BCUT2D eigenvalue weighted by Crippen LogP contribution is 2.26. The summed E-state index contributed by atoms with van der Waals surface area (Å²) in [5, 5.41) is 6.99. The highest BCUT2D eigenvalue weighted by molar-refractivity contribution is 5.50. The maximum atomic E-state index is 4.87. The van der Waals surface area contributed by atoms with Gasteiger partial charge in [-0.3, -0.25) is 14.5 Å². The standard InChI is InChI=1S/C23H23N9/c1-24-23(18-6-3-8-20(27-18)31-14-12-25-16-31)11-5-10-22(29-23)30(2)19-7-4-9-21(28-19)32-15-13-26-17-32/h3-17,24,29H,1-2H3. The van der Waals surface area contributed by atoms with Crippen LogP contribution in [0.5, 0.6) is 0 Å². The van der Waals surface area contributed by atoms with Gasteiger partial charge in [0.2, 0.25) is 0 Å². The van der Waals surface area contributed by atoms with Gasteiger partial charge < -0.3 is 10.2 Å². The van der Waals surface area contributed by atoms with Crippen LogP contribution in [0.2, 0.25) is 0 Å². The van der Waals surface area contributed by atoms with Crippen molar-refractivity contribution in [2.24, 2.45) is 0 Å². The molecule has 4 aromatic rings. The lowest BCUT2D eigenvalue weighted by atomic mass is 10.0. The molecule has 5 heterocycles. The molecule has 5 rings (SSSR count). The summed E-state index contributed by atoms with van der Waals surface area (Å²) in [5.74, 6) is 3.28. The summed E-state index contributed by atoms with van der Waals surface area (Å²) in [6.45, 7) is 0. The Labute approximate surface area is 185 Å². The third-order valence-corrected chi connectivity index (χ3v) is 5.42. The van der Waals surface area contributed by atoms with Crippen molar-refractivity contribution < 1.29 is 0 Å². The van der Waals surface area contributed by atoms with Crippen molar-refractivity contribution in [3.63, 3.8) is 0 Å². The summed E-state index contributed by atoms with van der Waals surface area (Å²) in [4.78, 5) is 19.9. The molecule has 1 aliphatic rings. The summed E-state index contributed by atoms with van der Waals surface area (Å²) in [6.07, 6.45) is 16.8. The second-order valence-electron chi connectivity index (χ2n) is 7.33. The van der Waals surface area contributed by atoms with E-state index in [1.807, 2.05) is 89.1 Å². The maximum absolute atomic E-state index is 4.87. The van der Waals surface area contributed by atoms with Crippen LogP contribution in [0.1, 0.15) is 5.69 Å². The summed E-state index contributed by atoms with van der Waals surface area (Å²) in [7, 11) is 3.89. The first-order valence-corrected chi connectivity index (χ1v) is 10.2. The van der Waals surface area contributed by atoms with Gasteiger partial charge in [-0.2, -0.15) is 0 Å².